The number of amides is 1. The number of nitrogens with zero attached hydrogens (tertiary/aromatic N) is 1. The van der Waals surface area contributed by atoms with E-state index in [1.54, 1.807) is 0 Å². The molecule has 0 aromatic heterocycles. The minimum atomic E-state index is -0.00886. The Hall–Kier alpha value is -2.21. The van der Waals surface area contributed by atoms with Gasteiger partial charge in [-0.1, -0.05) is 79.4 Å². The summed E-state index contributed by atoms with van der Waals surface area (Å²) in [5.74, 6) is 0.0660. The fourth-order valence-electron chi connectivity index (χ4n) is 5.21. The Bertz CT molecular complexity index is 841. The van der Waals surface area contributed by atoms with Gasteiger partial charge in [0.2, 0.25) is 5.91 Å². The van der Waals surface area contributed by atoms with E-state index in [1.165, 1.54) is 36.0 Å². The van der Waals surface area contributed by atoms with E-state index >= 15 is 0 Å². The number of ether oxygens (including phenoxy) is 1. The molecule has 1 atom stereocenters. The average Bonchev–Trinajstić information content (AvgIpc) is 2.86. The summed E-state index contributed by atoms with van der Waals surface area (Å²) < 4.78 is 5.58. The van der Waals surface area contributed by atoms with Gasteiger partial charge in [0.25, 0.3) is 0 Å². The van der Waals surface area contributed by atoms with Gasteiger partial charge in [-0.15, -0.1) is 0 Å². The monoisotopic (exact) mass is 435 g/mol. The topological polar surface area (TPSA) is 53.6 Å². The third-order valence-corrected chi connectivity index (χ3v) is 7.09. The highest BCUT2D eigenvalue weighted by molar-refractivity contribution is 5.78. The van der Waals surface area contributed by atoms with Crippen molar-refractivity contribution < 1.29 is 9.53 Å². The van der Waals surface area contributed by atoms with Crippen LogP contribution in [0.2, 0.25) is 0 Å². The number of carbonyl (C=O) groups excluding carboxylic acids is 1. The van der Waals surface area contributed by atoms with Gasteiger partial charge in [0.05, 0.1) is 25.8 Å². The first-order valence-corrected chi connectivity index (χ1v) is 12.1. The molecular weight excluding hydrogens is 398 g/mol. The molecule has 1 aliphatic carbocycles. The summed E-state index contributed by atoms with van der Waals surface area (Å²) >= 11 is 0. The van der Waals surface area contributed by atoms with Crippen LogP contribution in [-0.2, 0) is 9.53 Å². The van der Waals surface area contributed by atoms with Crippen LogP contribution in [0.25, 0.3) is 0 Å². The zero-order valence-corrected chi connectivity index (χ0v) is 19.3. The minimum Gasteiger partial charge on any atom is -0.379 e. The van der Waals surface area contributed by atoms with Crippen LogP contribution < -0.4 is 10.6 Å². The molecule has 2 N–H and O–H groups in total. The number of hydrogen-bond acceptors (Lipinski definition) is 4. The molecule has 0 bridgehead atoms. The summed E-state index contributed by atoms with van der Waals surface area (Å²) in [5.41, 5.74) is 3.67. The second kappa shape index (κ2) is 11.1. The first-order valence-electron chi connectivity index (χ1n) is 12.1. The molecule has 4 rings (SSSR count). The number of morpholine rings is 1. The molecule has 2 aliphatic rings. The van der Waals surface area contributed by atoms with Crippen LogP contribution in [0.5, 0.6) is 0 Å². The van der Waals surface area contributed by atoms with Crippen molar-refractivity contribution in [3.05, 3.63) is 71.3 Å². The van der Waals surface area contributed by atoms with E-state index in [4.69, 9.17) is 4.74 Å². The highest BCUT2D eigenvalue weighted by Crippen LogP contribution is 2.34. The van der Waals surface area contributed by atoms with Gasteiger partial charge in [-0.2, -0.15) is 0 Å². The maximum absolute atomic E-state index is 12.9. The van der Waals surface area contributed by atoms with Gasteiger partial charge in [0.1, 0.15) is 0 Å². The van der Waals surface area contributed by atoms with Crippen molar-refractivity contribution in [2.45, 2.75) is 50.6 Å². The predicted molar refractivity (Wildman–Crippen MR) is 129 cm³/mol. The largest absolute Gasteiger partial charge is 0.379 e. The van der Waals surface area contributed by atoms with Gasteiger partial charge >= 0.3 is 0 Å². The van der Waals surface area contributed by atoms with Gasteiger partial charge in [-0.05, 0) is 30.9 Å². The molecule has 0 radical (unpaired) electrons. The average molecular weight is 436 g/mol. The number of carbonyl (C=O) groups is 1. The maximum Gasteiger partial charge on any atom is 0.234 e. The standard InChI is InChI=1S/C27H37N3O2/c1-22-10-12-24(13-11-22)26(23-8-4-2-5-9-23)28-20-25(31)29-21-27(14-6-3-7-15-27)30-16-18-32-19-17-30/h2,4-5,8-13,26,28H,3,6-7,14-21H2,1H3,(H,29,31)/t26-/m1/s1. The zero-order valence-electron chi connectivity index (χ0n) is 19.3. The molecular formula is C27H37N3O2. The Kier molecular flexibility index (Phi) is 7.95. The van der Waals surface area contributed by atoms with Gasteiger partial charge in [0.15, 0.2) is 0 Å². The maximum atomic E-state index is 12.9. The molecule has 1 amide bonds. The summed E-state index contributed by atoms with van der Waals surface area (Å²) in [6.07, 6.45) is 6.12. The summed E-state index contributed by atoms with van der Waals surface area (Å²) in [5, 5.41) is 6.78. The van der Waals surface area contributed by atoms with Gasteiger partial charge in [-0.3, -0.25) is 15.0 Å². The highest BCUT2D eigenvalue weighted by Gasteiger charge is 2.38. The molecule has 0 spiro atoms. The Morgan fingerprint density at radius 1 is 0.969 bits per heavy atom. The molecule has 172 valence electrons. The Morgan fingerprint density at radius 3 is 2.31 bits per heavy atom. The second-order valence-corrected chi connectivity index (χ2v) is 9.30. The number of aryl methyl sites for hydroxylation is 1. The van der Waals surface area contributed by atoms with Crippen LogP contribution in [-0.4, -0.2) is 55.7 Å². The molecule has 1 heterocycles. The van der Waals surface area contributed by atoms with E-state index in [9.17, 15) is 4.79 Å². The summed E-state index contributed by atoms with van der Waals surface area (Å²) in [7, 11) is 0. The van der Waals surface area contributed by atoms with Crippen LogP contribution in [0.4, 0.5) is 0 Å². The van der Waals surface area contributed by atoms with Crippen LogP contribution in [0.3, 0.4) is 0 Å². The van der Waals surface area contributed by atoms with Crippen molar-refractivity contribution >= 4 is 5.91 Å². The van der Waals surface area contributed by atoms with E-state index in [0.717, 1.165) is 45.7 Å². The third kappa shape index (κ3) is 5.77. The number of nitrogens with one attached hydrogen (secondary N) is 2. The lowest BCUT2D eigenvalue weighted by atomic mass is 9.79. The van der Waals surface area contributed by atoms with E-state index in [2.05, 4.69) is 58.9 Å². The first-order chi connectivity index (χ1) is 15.7. The van der Waals surface area contributed by atoms with Crippen molar-refractivity contribution in [2.24, 2.45) is 0 Å². The Balaban J connectivity index is 1.39. The molecule has 5 heteroatoms. The van der Waals surface area contributed by atoms with Crippen LogP contribution >= 0.6 is 0 Å². The van der Waals surface area contributed by atoms with E-state index < -0.39 is 0 Å². The third-order valence-electron chi connectivity index (χ3n) is 7.09. The lowest BCUT2D eigenvalue weighted by Crippen LogP contribution is -2.60. The molecule has 1 saturated carbocycles. The normalized spacial score (nSPS) is 19.9. The molecule has 2 fully saturated rings. The number of hydrogen-bond donors (Lipinski definition) is 2. The van der Waals surface area contributed by atoms with Gasteiger partial charge in [-0.25, -0.2) is 0 Å². The fourth-order valence-corrected chi connectivity index (χ4v) is 5.21. The van der Waals surface area contributed by atoms with Crippen molar-refractivity contribution in [1.29, 1.82) is 0 Å². The first kappa shape index (κ1) is 23.0. The SMILES string of the molecule is Cc1ccc([C@H](NCC(=O)NCC2(N3CCOCC3)CCCCC2)c2ccccc2)cc1. The molecule has 2 aromatic rings. The molecule has 0 unspecified atom stereocenters. The number of benzene rings is 2. The van der Waals surface area contributed by atoms with E-state index in [0.29, 0.717) is 6.54 Å². The highest BCUT2D eigenvalue weighted by atomic mass is 16.5. The molecule has 1 saturated heterocycles. The molecule has 1 aliphatic heterocycles. The lowest BCUT2D eigenvalue weighted by Gasteiger charge is -2.48. The molecule has 32 heavy (non-hydrogen) atoms. The van der Waals surface area contributed by atoms with Crippen LogP contribution in [0, 0.1) is 6.92 Å². The van der Waals surface area contributed by atoms with Gasteiger partial charge < -0.3 is 10.1 Å². The van der Waals surface area contributed by atoms with Crippen molar-refractivity contribution in [1.82, 2.24) is 15.5 Å². The Morgan fingerprint density at radius 2 is 1.62 bits per heavy atom. The van der Waals surface area contributed by atoms with Crippen LogP contribution in [0.1, 0.15) is 54.8 Å². The van der Waals surface area contributed by atoms with Gasteiger partial charge in [0, 0.05) is 25.2 Å². The quantitative estimate of drug-likeness (QED) is 0.662. The zero-order chi connectivity index (χ0) is 22.2. The smallest absolute Gasteiger partial charge is 0.234 e. The predicted octanol–water partition coefficient (Wildman–Crippen LogP) is 3.83. The van der Waals surface area contributed by atoms with Crippen molar-refractivity contribution in [2.75, 3.05) is 39.4 Å². The van der Waals surface area contributed by atoms with Crippen LogP contribution in [0.15, 0.2) is 54.6 Å². The summed E-state index contributed by atoms with van der Waals surface area (Å²) in [6, 6.07) is 18.9. The second-order valence-electron chi connectivity index (χ2n) is 9.30. The summed E-state index contributed by atoms with van der Waals surface area (Å²) in [6.45, 7) is 6.66. The van der Waals surface area contributed by atoms with E-state index in [1.807, 2.05) is 18.2 Å². The van der Waals surface area contributed by atoms with E-state index in [-0.39, 0.29) is 17.5 Å². The minimum absolute atomic E-state index is 0.00886. The van der Waals surface area contributed by atoms with Crippen molar-refractivity contribution in [3.8, 4) is 0 Å². The van der Waals surface area contributed by atoms with Crippen molar-refractivity contribution in [3.63, 3.8) is 0 Å². The molecule has 2 aromatic carbocycles. The summed E-state index contributed by atoms with van der Waals surface area (Å²) in [4.78, 5) is 15.5. The lowest BCUT2D eigenvalue weighted by molar-refractivity contribution is -0.121. The number of rotatable bonds is 8. The Labute approximate surface area is 192 Å². The molecule has 5 nitrogen and oxygen atoms in total. The fraction of sp³-hybridized carbons (Fsp3) is 0.519.